The first-order chi connectivity index (χ1) is 18.5. The van der Waals surface area contributed by atoms with Crippen molar-refractivity contribution in [3.05, 3.63) is 89.1 Å². The van der Waals surface area contributed by atoms with Gasteiger partial charge < -0.3 is 14.6 Å². The van der Waals surface area contributed by atoms with Crippen LogP contribution in [0.15, 0.2) is 46.0 Å². The summed E-state index contributed by atoms with van der Waals surface area (Å²) >= 11 is 19.5. The van der Waals surface area contributed by atoms with Crippen LogP contribution >= 0.6 is 34.8 Å². The molecule has 2 heterocycles. The third-order valence-electron chi connectivity index (χ3n) is 7.25. The molecule has 0 saturated carbocycles. The first-order valence-corrected chi connectivity index (χ1v) is 13.7. The van der Waals surface area contributed by atoms with Gasteiger partial charge in [-0.1, -0.05) is 66.8 Å². The molecular formula is C29H27Cl3FN3O3. The van der Waals surface area contributed by atoms with Crippen LogP contribution in [0.4, 0.5) is 4.39 Å². The molecule has 204 valence electrons. The van der Waals surface area contributed by atoms with Crippen LogP contribution in [-0.2, 0) is 6.54 Å². The minimum Gasteiger partial charge on any atom is -0.495 e. The molecule has 0 amide bonds. The molecule has 39 heavy (non-hydrogen) atoms. The number of rotatable bonds is 6. The van der Waals surface area contributed by atoms with Crippen LogP contribution in [0.5, 0.6) is 5.75 Å². The number of aryl methyl sites for hydroxylation is 1. The van der Waals surface area contributed by atoms with Crippen molar-refractivity contribution in [2.45, 2.75) is 33.2 Å². The van der Waals surface area contributed by atoms with E-state index >= 15 is 4.39 Å². The van der Waals surface area contributed by atoms with Crippen molar-refractivity contribution in [3.8, 4) is 22.6 Å². The van der Waals surface area contributed by atoms with Gasteiger partial charge in [0.1, 0.15) is 11.3 Å². The van der Waals surface area contributed by atoms with Crippen LogP contribution in [0, 0.1) is 18.7 Å². The Hall–Kier alpha value is -2.84. The zero-order valence-corrected chi connectivity index (χ0v) is 24.1. The Morgan fingerprint density at radius 3 is 2.38 bits per heavy atom. The van der Waals surface area contributed by atoms with Crippen LogP contribution in [0.25, 0.3) is 27.8 Å². The van der Waals surface area contributed by atoms with Gasteiger partial charge >= 0.3 is 11.1 Å². The molecule has 1 fully saturated rings. The van der Waals surface area contributed by atoms with Gasteiger partial charge in [-0.25, -0.2) is 4.39 Å². The highest BCUT2D eigenvalue weighted by molar-refractivity contribution is 6.39. The highest BCUT2D eigenvalue weighted by atomic mass is 35.5. The van der Waals surface area contributed by atoms with Gasteiger partial charge in [0.25, 0.3) is 0 Å². The average Bonchev–Trinajstić information content (AvgIpc) is 2.85. The number of nitrogens with zero attached hydrogens (tertiary/aromatic N) is 2. The number of ether oxygens (including phenoxy) is 1. The molecule has 1 aliphatic heterocycles. The van der Waals surface area contributed by atoms with Gasteiger partial charge in [-0.3, -0.25) is 14.2 Å². The van der Waals surface area contributed by atoms with Crippen LogP contribution in [0.1, 0.15) is 30.9 Å². The minimum absolute atomic E-state index is 0.00450. The summed E-state index contributed by atoms with van der Waals surface area (Å²) in [5.41, 5.74) is 0.848. The van der Waals surface area contributed by atoms with Crippen molar-refractivity contribution >= 4 is 45.8 Å². The molecule has 5 rings (SSSR count). The van der Waals surface area contributed by atoms with Crippen LogP contribution in [-0.4, -0.2) is 29.3 Å². The van der Waals surface area contributed by atoms with Gasteiger partial charge in [0, 0.05) is 36.7 Å². The van der Waals surface area contributed by atoms with Crippen LogP contribution < -0.4 is 21.2 Å². The normalized spacial score (nSPS) is 13.8. The second-order valence-corrected chi connectivity index (χ2v) is 11.4. The molecular weight excluding hydrogens is 564 g/mol. The average molecular weight is 591 g/mol. The van der Waals surface area contributed by atoms with Crippen molar-refractivity contribution < 1.29 is 9.13 Å². The molecule has 1 aliphatic rings. The Labute approximate surface area is 239 Å². The van der Waals surface area contributed by atoms with Crippen molar-refractivity contribution in [1.29, 1.82) is 0 Å². The summed E-state index contributed by atoms with van der Waals surface area (Å²) in [5.74, 6) is -0.371. The Balaban J connectivity index is 1.97. The highest BCUT2D eigenvalue weighted by Crippen LogP contribution is 2.43. The maximum Gasteiger partial charge on any atom is 0.321 e. The summed E-state index contributed by atoms with van der Waals surface area (Å²) in [5, 5.41) is 3.61. The number of para-hydroxylation sites is 1. The Kier molecular flexibility index (Phi) is 7.55. The lowest BCUT2D eigenvalue weighted by Gasteiger charge is -2.29. The van der Waals surface area contributed by atoms with Gasteiger partial charge in [-0.15, -0.1) is 0 Å². The van der Waals surface area contributed by atoms with Crippen molar-refractivity contribution in [1.82, 2.24) is 14.5 Å². The molecule has 0 bridgehead atoms. The van der Waals surface area contributed by atoms with E-state index in [1.807, 2.05) is 39.0 Å². The maximum atomic E-state index is 17.0. The molecule has 1 N–H and O–H groups in total. The summed E-state index contributed by atoms with van der Waals surface area (Å²) in [6.07, 6.45) is 0. The summed E-state index contributed by atoms with van der Waals surface area (Å²) in [4.78, 5) is 27.5. The fourth-order valence-electron chi connectivity index (χ4n) is 5.14. The number of benzene rings is 3. The first-order valence-electron chi connectivity index (χ1n) is 12.6. The molecule has 0 radical (unpaired) electrons. The van der Waals surface area contributed by atoms with E-state index in [0.717, 1.165) is 11.1 Å². The van der Waals surface area contributed by atoms with Gasteiger partial charge in [-0.2, -0.15) is 0 Å². The molecule has 0 spiro atoms. The number of hydrogen-bond donors (Lipinski definition) is 1. The fourth-order valence-corrected chi connectivity index (χ4v) is 5.99. The quantitative estimate of drug-likeness (QED) is 0.258. The van der Waals surface area contributed by atoms with Gasteiger partial charge in [0.2, 0.25) is 0 Å². The molecule has 4 aromatic rings. The zero-order chi connectivity index (χ0) is 28.2. The summed E-state index contributed by atoms with van der Waals surface area (Å²) in [6, 6.07) is 10.1. The molecule has 1 saturated heterocycles. The third-order valence-corrected chi connectivity index (χ3v) is 8.16. The van der Waals surface area contributed by atoms with E-state index in [1.54, 1.807) is 0 Å². The zero-order valence-electron chi connectivity index (χ0n) is 21.9. The Morgan fingerprint density at radius 2 is 1.77 bits per heavy atom. The highest BCUT2D eigenvalue weighted by Gasteiger charge is 2.28. The molecule has 6 nitrogen and oxygen atoms in total. The van der Waals surface area contributed by atoms with Crippen LogP contribution in [0.2, 0.25) is 15.1 Å². The van der Waals surface area contributed by atoms with E-state index in [9.17, 15) is 9.59 Å². The first kappa shape index (κ1) is 27.7. The molecule has 3 aromatic carbocycles. The molecule has 10 heteroatoms. The number of halogens is 4. The Bertz CT molecular complexity index is 1740. The summed E-state index contributed by atoms with van der Waals surface area (Å²) in [6.45, 7) is 7.44. The van der Waals surface area contributed by atoms with Gasteiger partial charge in [0.05, 0.1) is 33.4 Å². The smallest absolute Gasteiger partial charge is 0.321 e. The lowest BCUT2D eigenvalue weighted by atomic mass is 9.97. The maximum absolute atomic E-state index is 17.0. The van der Waals surface area contributed by atoms with Crippen LogP contribution in [0.3, 0.4) is 0 Å². The second-order valence-electron chi connectivity index (χ2n) is 10.1. The minimum atomic E-state index is -0.835. The monoisotopic (exact) mass is 589 g/mol. The number of fused-ring (bicyclic) bond motifs is 1. The second kappa shape index (κ2) is 10.6. The molecule has 1 aromatic heterocycles. The number of aromatic nitrogens is 2. The van der Waals surface area contributed by atoms with E-state index in [1.165, 1.54) is 34.4 Å². The molecule has 0 aliphatic carbocycles. The van der Waals surface area contributed by atoms with E-state index in [-0.39, 0.29) is 61.4 Å². The lowest BCUT2D eigenvalue weighted by molar-refractivity contribution is 0.306. The summed E-state index contributed by atoms with van der Waals surface area (Å²) in [7, 11) is 1.44. The number of hydrogen-bond acceptors (Lipinski definition) is 4. The van der Waals surface area contributed by atoms with E-state index in [0.29, 0.717) is 18.8 Å². The fraction of sp³-hybridized carbons (Fsp3) is 0.310. The standard InChI is InChI=1S/C29H27Cl3FN3O3/c1-14(2)17-7-5-6-15(3)26(17)36-27-22(35(28(37)29(36)38)13-16-11-34-12-16)10-21(32)24(25(27)33)18-8-23(39-4)20(31)9-19(18)30/h5-10,14,16,34H,11-13H2,1-4H3. The SMILES string of the molecule is COc1cc(-c2c(Cl)cc3c(c2F)n(-c2c(C)cccc2C(C)C)c(=O)c(=O)n3CC2CNC2)c(Cl)cc1Cl. The van der Waals surface area contributed by atoms with E-state index in [2.05, 4.69) is 5.32 Å². The Morgan fingerprint density at radius 1 is 1.05 bits per heavy atom. The largest absolute Gasteiger partial charge is 0.495 e. The van der Waals surface area contributed by atoms with Gasteiger partial charge in [0.15, 0.2) is 5.82 Å². The van der Waals surface area contributed by atoms with Crippen molar-refractivity contribution in [2.75, 3.05) is 20.2 Å². The predicted octanol–water partition coefficient (Wildman–Crippen LogP) is 6.58. The summed E-state index contributed by atoms with van der Waals surface area (Å²) < 4.78 is 24.8. The van der Waals surface area contributed by atoms with Crippen molar-refractivity contribution in [3.63, 3.8) is 0 Å². The lowest BCUT2D eigenvalue weighted by Crippen LogP contribution is -2.48. The molecule has 0 unspecified atom stereocenters. The molecule has 0 atom stereocenters. The number of nitrogens with one attached hydrogen (secondary N) is 1. The van der Waals surface area contributed by atoms with Crippen molar-refractivity contribution in [2.24, 2.45) is 5.92 Å². The van der Waals surface area contributed by atoms with E-state index < -0.39 is 16.9 Å². The topological polar surface area (TPSA) is 65.3 Å². The third kappa shape index (κ3) is 4.65. The van der Waals surface area contributed by atoms with Gasteiger partial charge in [-0.05, 0) is 42.2 Å². The number of methoxy groups -OCH3 is 1. The van der Waals surface area contributed by atoms with E-state index in [4.69, 9.17) is 39.5 Å². The predicted molar refractivity (Wildman–Crippen MR) is 156 cm³/mol.